The van der Waals surface area contributed by atoms with Crippen LogP contribution in [-0.4, -0.2) is 45.2 Å². The molecule has 1 aromatic carbocycles. The summed E-state index contributed by atoms with van der Waals surface area (Å²) in [6.45, 7) is 10.7. The highest BCUT2D eigenvalue weighted by Gasteiger charge is 2.48. The van der Waals surface area contributed by atoms with Gasteiger partial charge in [-0.05, 0) is 37.3 Å². The molecule has 0 spiro atoms. The standard InChI is InChI=1S/C17H20ClNO6.C4H6.C2H6/c18-11-5-2-1-4-10(11)17(9-3-6-13(20)15(17)23)19-12(16(24)25)7-8-14(21)22;1-3-4-2;1-2/h1-2,4-5,12-13,19-20H,3,6-9H2,(H,21,22)(H,24,25);3-4H,1-2H2;1-2H3/t12-,13-,17+;;/m0../s1. The van der Waals surface area contributed by atoms with Crippen LogP contribution in [0.25, 0.3) is 0 Å². The van der Waals surface area contributed by atoms with Crippen molar-refractivity contribution in [2.24, 2.45) is 0 Å². The van der Waals surface area contributed by atoms with Crippen LogP contribution in [0.1, 0.15) is 51.5 Å². The molecule has 172 valence electrons. The Balaban J connectivity index is 0.00000134. The summed E-state index contributed by atoms with van der Waals surface area (Å²) in [4.78, 5) is 35.2. The quantitative estimate of drug-likeness (QED) is 0.439. The van der Waals surface area contributed by atoms with E-state index in [2.05, 4.69) is 18.5 Å². The second-order valence-corrected chi connectivity index (χ2v) is 7.00. The topological polar surface area (TPSA) is 124 Å². The molecule has 31 heavy (non-hydrogen) atoms. The van der Waals surface area contributed by atoms with E-state index >= 15 is 0 Å². The molecule has 0 bridgehead atoms. The smallest absolute Gasteiger partial charge is 0.320 e. The van der Waals surface area contributed by atoms with Gasteiger partial charge in [-0.15, -0.1) is 0 Å². The molecule has 1 aromatic rings. The molecule has 1 saturated carbocycles. The Bertz CT molecular complexity index is 760. The van der Waals surface area contributed by atoms with E-state index in [-0.39, 0.29) is 24.3 Å². The number of carbonyl (C=O) groups is 3. The first-order valence-electron chi connectivity index (χ1n) is 10.1. The van der Waals surface area contributed by atoms with Gasteiger partial charge in [-0.2, -0.15) is 0 Å². The highest BCUT2D eigenvalue weighted by Crippen LogP contribution is 2.38. The summed E-state index contributed by atoms with van der Waals surface area (Å²) in [5, 5.41) is 31.4. The Kier molecular flexibility index (Phi) is 13.4. The summed E-state index contributed by atoms with van der Waals surface area (Å²) in [5.41, 5.74) is -1.07. The molecule has 1 aliphatic carbocycles. The average molecular weight is 454 g/mol. The Labute approximate surface area is 188 Å². The minimum atomic E-state index is -1.46. The van der Waals surface area contributed by atoms with Crippen molar-refractivity contribution in [3.63, 3.8) is 0 Å². The number of benzene rings is 1. The third-order valence-corrected chi connectivity index (χ3v) is 4.95. The van der Waals surface area contributed by atoms with Gasteiger partial charge in [0.15, 0.2) is 5.78 Å². The number of nitrogens with one attached hydrogen (secondary N) is 1. The summed E-state index contributed by atoms with van der Waals surface area (Å²) in [7, 11) is 0. The van der Waals surface area contributed by atoms with Crippen molar-refractivity contribution in [3.05, 3.63) is 60.2 Å². The number of hydrogen-bond acceptors (Lipinski definition) is 5. The highest BCUT2D eigenvalue weighted by atomic mass is 35.5. The van der Waals surface area contributed by atoms with E-state index in [0.29, 0.717) is 18.4 Å². The molecule has 0 aromatic heterocycles. The Morgan fingerprint density at radius 3 is 2.32 bits per heavy atom. The number of allylic oxidation sites excluding steroid dienone is 2. The van der Waals surface area contributed by atoms with Gasteiger partial charge in [0.05, 0.1) is 0 Å². The Morgan fingerprint density at radius 2 is 1.84 bits per heavy atom. The predicted octanol–water partition coefficient (Wildman–Crippen LogP) is 3.94. The third kappa shape index (κ3) is 8.28. The first kappa shape index (κ1) is 28.5. The van der Waals surface area contributed by atoms with E-state index in [1.54, 1.807) is 36.4 Å². The van der Waals surface area contributed by atoms with Crippen molar-refractivity contribution in [3.8, 4) is 0 Å². The number of halogens is 1. The van der Waals surface area contributed by atoms with Crippen LogP contribution in [0.4, 0.5) is 0 Å². The summed E-state index contributed by atoms with van der Waals surface area (Å²) in [6.07, 6.45) is 2.55. The molecule has 0 aliphatic heterocycles. The number of ketones is 1. The molecule has 0 saturated heterocycles. The fourth-order valence-electron chi connectivity index (χ4n) is 3.22. The number of rotatable bonds is 8. The molecule has 0 radical (unpaired) electrons. The first-order chi connectivity index (χ1) is 14.7. The molecule has 4 N–H and O–H groups in total. The fourth-order valence-corrected chi connectivity index (χ4v) is 3.51. The fraction of sp³-hybridized carbons (Fsp3) is 0.435. The van der Waals surface area contributed by atoms with Crippen molar-refractivity contribution in [1.29, 1.82) is 0 Å². The molecule has 1 fully saturated rings. The van der Waals surface area contributed by atoms with Crippen LogP contribution in [0.5, 0.6) is 0 Å². The zero-order valence-corrected chi connectivity index (χ0v) is 18.8. The SMILES string of the molecule is C=CC=C.CC.O=C(O)CC[C@H](N[C@@]1(c2ccccc2Cl)CCC[C@H](O)C1=O)C(=O)O. The lowest BCUT2D eigenvalue weighted by Crippen LogP contribution is -2.60. The summed E-state index contributed by atoms with van der Waals surface area (Å²) in [6, 6.07) is 5.29. The lowest BCUT2D eigenvalue weighted by Gasteiger charge is -2.41. The van der Waals surface area contributed by atoms with Crippen LogP contribution in [0.3, 0.4) is 0 Å². The summed E-state index contributed by atoms with van der Waals surface area (Å²) < 4.78 is 0. The minimum absolute atomic E-state index is 0.194. The predicted molar refractivity (Wildman–Crippen MR) is 121 cm³/mol. The largest absolute Gasteiger partial charge is 0.481 e. The zero-order valence-electron chi connectivity index (χ0n) is 18.0. The van der Waals surface area contributed by atoms with Crippen LogP contribution in [-0.2, 0) is 19.9 Å². The van der Waals surface area contributed by atoms with E-state index in [1.165, 1.54) is 0 Å². The summed E-state index contributed by atoms with van der Waals surface area (Å²) in [5.74, 6) is -2.94. The second-order valence-electron chi connectivity index (χ2n) is 6.60. The van der Waals surface area contributed by atoms with E-state index < -0.39 is 35.4 Å². The number of carboxylic acids is 2. The van der Waals surface area contributed by atoms with Crippen molar-refractivity contribution >= 4 is 29.3 Å². The van der Waals surface area contributed by atoms with Crippen LogP contribution >= 0.6 is 11.6 Å². The normalized spacial score (nSPS) is 20.8. The van der Waals surface area contributed by atoms with Gasteiger partial charge >= 0.3 is 11.9 Å². The van der Waals surface area contributed by atoms with Crippen LogP contribution in [0.15, 0.2) is 49.6 Å². The molecule has 3 atom stereocenters. The number of aliphatic hydroxyl groups is 1. The zero-order chi connectivity index (χ0) is 24.0. The maximum absolute atomic E-state index is 12.8. The maximum Gasteiger partial charge on any atom is 0.320 e. The van der Waals surface area contributed by atoms with Crippen molar-refractivity contribution in [2.45, 2.75) is 63.6 Å². The monoisotopic (exact) mass is 453 g/mol. The van der Waals surface area contributed by atoms with E-state index in [0.717, 1.165) is 0 Å². The molecule has 1 aliphatic rings. The average Bonchev–Trinajstić information content (AvgIpc) is 2.76. The lowest BCUT2D eigenvalue weighted by atomic mass is 9.73. The molecule has 0 unspecified atom stereocenters. The molecular weight excluding hydrogens is 422 g/mol. The van der Waals surface area contributed by atoms with Crippen molar-refractivity contribution in [1.82, 2.24) is 5.32 Å². The third-order valence-electron chi connectivity index (χ3n) is 4.62. The number of Topliss-reactive ketones (excluding diaryl/α,β-unsaturated/α-hetero) is 1. The van der Waals surface area contributed by atoms with Gasteiger partial charge in [-0.1, -0.05) is 69.0 Å². The van der Waals surface area contributed by atoms with E-state index in [4.69, 9.17) is 16.7 Å². The van der Waals surface area contributed by atoms with Gasteiger partial charge in [0.2, 0.25) is 0 Å². The molecule has 7 nitrogen and oxygen atoms in total. The molecule has 0 amide bonds. The van der Waals surface area contributed by atoms with Crippen LogP contribution in [0, 0.1) is 0 Å². The summed E-state index contributed by atoms with van der Waals surface area (Å²) >= 11 is 6.24. The second kappa shape index (κ2) is 14.5. The molecule has 8 heteroatoms. The Hall–Kier alpha value is -2.48. The maximum atomic E-state index is 12.8. The van der Waals surface area contributed by atoms with Gasteiger partial charge < -0.3 is 15.3 Å². The lowest BCUT2D eigenvalue weighted by molar-refractivity contribution is -0.144. The van der Waals surface area contributed by atoms with Gasteiger partial charge in [0, 0.05) is 11.4 Å². The molecular formula is C23H32ClNO6. The van der Waals surface area contributed by atoms with Crippen molar-refractivity contribution < 1.29 is 29.7 Å². The Morgan fingerprint density at radius 1 is 1.26 bits per heavy atom. The van der Waals surface area contributed by atoms with Gasteiger partial charge in [0.1, 0.15) is 17.7 Å². The van der Waals surface area contributed by atoms with E-state index in [9.17, 15) is 24.6 Å². The number of carbonyl (C=O) groups excluding carboxylic acids is 1. The minimum Gasteiger partial charge on any atom is -0.481 e. The number of aliphatic hydroxyl groups excluding tert-OH is 1. The van der Waals surface area contributed by atoms with E-state index in [1.807, 2.05) is 13.8 Å². The van der Waals surface area contributed by atoms with Crippen molar-refractivity contribution in [2.75, 3.05) is 0 Å². The van der Waals surface area contributed by atoms with Crippen LogP contribution < -0.4 is 5.32 Å². The van der Waals surface area contributed by atoms with Gasteiger partial charge in [-0.25, -0.2) is 0 Å². The van der Waals surface area contributed by atoms with Gasteiger partial charge in [-0.3, -0.25) is 19.7 Å². The first-order valence-corrected chi connectivity index (χ1v) is 10.5. The number of hydrogen-bond donors (Lipinski definition) is 4. The van der Waals surface area contributed by atoms with Gasteiger partial charge in [0.25, 0.3) is 0 Å². The van der Waals surface area contributed by atoms with Crippen LogP contribution in [0.2, 0.25) is 5.02 Å². The number of carboxylic acid groups (broad SMARTS) is 2. The molecule has 0 heterocycles. The number of aliphatic carboxylic acids is 2. The molecule has 2 rings (SSSR count). The highest BCUT2D eigenvalue weighted by molar-refractivity contribution is 6.31.